The van der Waals surface area contributed by atoms with Crippen molar-refractivity contribution in [3.8, 4) is 11.1 Å². The zero-order valence-electron chi connectivity index (χ0n) is 19.0. The van der Waals surface area contributed by atoms with Gasteiger partial charge in [0.15, 0.2) is 0 Å². The third-order valence-electron chi connectivity index (χ3n) is 7.30. The van der Waals surface area contributed by atoms with Crippen LogP contribution in [-0.4, -0.2) is 40.8 Å². The van der Waals surface area contributed by atoms with Crippen molar-refractivity contribution in [1.82, 2.24) is 10.6 Å². The van der Waals surface area contributed by atoms with E-state index in [2.05, 4.69) is 22.8 Å². The average Bonchev–Trinajstić information content (AvgIpc) is 3.12. The van der Waals surface area contributed by atoms with E-state index in [1.165, 1.54) is 0 Å². The summed E-state index contributed by atoms with van der Waals surface area (Å²) in [5.41, 5.74) is 2.01. The molecular weight excluding hydrogens is 420 g/mol. The molecule has 2 aliphatic carbocycles. The first-order valence-electron chi connectivity index (χ1n) is 11.5. The van der Waals surface area contributed by atoms with Gasteiger partial charge in [0, 0.05) is 5.92 Å². The van der Waals surface area contributed by atoms with Crippen LogP contribution >= 0.6 is 0 Å². The number of aliphatic carboxylic acids is 1. The normalized spacial score (nSPS) is 16.2. The van der Waals surface area contributed by atoms with E-state index in [4.69, 9.17) is 4.74 Å². The van der Waals surface area contributed by atoms with E-state index in [9.17, 15) is 19.5 Å². The fraction of sp³-hybridized carbons (Fsp3) is 0.423. The summed E-state index contributed by atoms with van der Waals surface area (Å²) in [6.45, 7) is 3.73. The average molecular weight is 451 g/mol. The summed E-state index contributed by atoms with van der Waals surface area (Å²) in [5.74, 6) is -1.60. The zero-order valence-corrected chi connectivity index (χ0v) is 19.0. The van der Waals surface area contributed by atoms with Crippen LogP contribution in [0.1, 0.15) is 63.0 Å². The number of ether oxygens (including phenoxy) is 1. The van der Waals surface area contributed by atoms with Crippen molar-refractivity contribution in [2.45, 2.75) is 62.9 Å². The van der Waals surface area contributed by atoms with Crippen molar-refractivity contribution >= 4 is 18.0 Å². The Morgan fingerprint density at radius 2 is 1.55 bits per heavy atom. The Kier molecular flexibility index (Phi) is 6.15. The van der Waals surface area contributed by atoms with Crippen molar-refractivity contribution < 1.29 is 24.2 Å². The Balaban J connectivity index is 1.46. The van der Waals surface area contributed by atoms with Crippen LogP contribution in [0.15, 0.2) is 48.5 Å². The van der Waals surface area contributed by atoms with Crippen molar-refractivity contribution in [3.63, 3.8) is 0 Å². The summed E-state index contributed by atoms with van der Waals surface area (Å²) in [4.78, 5) is 37.6. The topological polar surface area (TPSA) is 105 Å². The SMILES string of the molecule is CCC(CC)(NC(=O)OCC1c2ccccc2-c2ccccc21)C(=O)NC1(C(=O)O)CCC1. The largest absolute Gasteiger partial charge is 0.480 e. The Hall–Kier alpha value is -3.35. The molecule has 2 amide bonds. The van der Waals surface area contributed by atoms with Crippen LogP contribution in [-0.2, 0) is 14.3 Å². The molecule has 2 aromatic carbocycles. The molecule has 7 heteroatoms. The van der Waals surface area contributed by atoms with Crippen LogP contribution in [0, 0.1) is 0 Å². The second-order valence-corrected chi connectivity index (χ2v) is 8.93. The van der Waals surface area contributed by atoms with Gasteiger partial charge in [-0.25, -0.2) is 9.59 Å². The van der Waals surface area contributed by atoms with E-state index in [0.29, 0.717) is 25.7 Å². The molecule has 0 bridgehead atoms. The number of alkyl carbamates (subject to hydrolysis) is 1. The van der Waals surface area contributed by atoms with Gasteiger partial charge in [-0.3, -0.25) is 4.79 Å². The highest BCUT2D eigenvalue weighted by molar-refractivity contribution is 5.94. The van der Waals surface area contributed by atoms with Gasteiger partial charge in [0.25, 0.3) is 0 Å². The van der Waals surface area contributed by atoms with Crippen LogP contribution < -0.4 is 10.6 Å². The molecule has 33 heavy (non-hydrogen) atoms. The van der Waals surface area contributed by atoms with Crippen molar-refractivity contribution in [3.05, 3.63) is 59.7 Å². The van der Waals surface area contributed by atoms with Gasteiger partial charge in [0.1, 0.15) is 17.7 Å². The summed E-state index contributed by atoms with van der Waals surface area (Å²) < 4.78 is 5.62. The fourth-order valence-electron chi connectivity index (χ4n) is 4.89. The number of amides is 2. The molecule has 0 spiro atoms. The van der Waals surface area contributed by atoms with Crippen LogP contribution in [0.5, 0.6) is 0 Å². The molecule has 0 unspecified atom stereocenters. The predicted octanol–water partition coefficient (Wildman–Crippen LogP) is 4.21. The first-order valence-corrected chi connectivity index (χ1v) is 11.5. The number of carboxylic acid groups (broad SMARTS) is 1. The second-order valence-electron chi connectivity index (χ2n) is 8.93. The number of nitrogens with one attached hydrogen (secondary N) is 2. The molecule has 4 rings (SSSR count). The van der Waals surface area contributed by atoms with Gasteiger partial charge in [0.2, 0.25) is 5.91 Å². The minimum Gasteiger partial charge on any atom is -0.480 e. The van der Waals surface area contributed by atoms with Gasteiger partial charge in [0.05, 0.1) is 0 Å². The third kappa shape index (κ3) is 3.96. The quantitative estimate of drug-likeness (QED) is 0.559. The van der Waals surface area contributed by atoms with Crippen molar-refractivity contribution in [2.24, 2.45) is 0 Å². The number of carbonyl (C=O) groups is 3. The van der Waals surface area contributed by atoms with Crippen molar-refractivity contribution in [2.75, 3.05) is 6.61 Å². The molecule has 174 valence electrons. The minimum absolute atomic E-state index is 0.0834. The Labute approximate surface area is 193 Å². The number of carbonyl (C=O) groups excluding carboxylic acids is 2. The molecule has 0 aliphatic heterocycles. The van der Waals surface area contributed by atoms with Crippen molar-refractivity contribution in [1.29, 1.82) is 0 Å². The molecule has 0 atom stereocenters. The first kappa shape index (κ1) is 22.8. The lowest BCUT2D eigenvalue weighted by molar-refractivity contribution is -0.153. The molecule has 2 aromatic rings. The van der Waals surface area contributed by atoms with E-state index >= 15 is 0 Å². The number of hydrogen-bond acceptors (Lipinski definition) is 4. The van der Waals surface area contributed by atoms with Crippen LogP contribution in [0.3, 0.4) is 0 Å². The second kappa shape index (κ2) is 8.89. The number of carboxylic acids is 1. The lowest BCUT2D eigenvalue weighted by Gasteiger charge is -2.41. The highest BCUT2D eigenvalue weighted by atomic mass is 16.5. The molecular formula is C26H30N2O5. The van der Waals surface area contributed by atoms with Gasteiger partial charge in [-0.1, -0.05) is 62.4 Å². The van der Waals surface area contributed by atoms with Gasteiger partial charge < -0.3 is 20.5 Å². The third-order valence-corrected chi connectivity index (χ3v) is 7.30. The summed E-state index contributed by atoms with van der Waals surface area (Å²) >= 11 is 0. The predicted molar refractivity (Wildman–Crippen MR) is 124 cm³/mol. The zero-order chi connectivity index (χ0) is 23.6. The van der Waals surface area contributed by atoms with Gasteiger partial charge in [-0.05, 0) is 54.4 Å². The highest BCUT2D eigenvalue weighted by Crippen LogP contribution is 2.44. The Morgan fingerprint density at radius 3 is 2.00 bits per heavy atom. The maximum atomic E-state index is 13.1. The number of fused-ring (bicyclic) bond motifs is 3. The summed E-state index contributed by atoms with van der Waals surface area (Å²) in [5, 5.41) is 15.0. The van der Waals surface area contributed by atoms with E-state index in [1.807, 2.05) is 36.4 Å². The fourth-order valence-corrected chi connectivity index (χ4v) is 4.89. The molecule has 0 radical (unpaired) electrons. The molecule has 0 aromatic heterocycles. The number of hydrogen-bond donors (Lipinski definition) is 3. The maximum Gasteiger partial charge on any atom is 0.408 e. The number of benzene rings is 2. The summed E-state index contributed by atoms with van der Waals surface area (Å²) in [6, 6.07) is 16.1. The lowest BCUT2D eigenvalue weighted by atomic mass is 9.76. The molecule has 1 fully saturated rings. The standard InChI is InChI=1S/C26H30N2O5/c1-3-25(4-2,22(29)27-26(23(30)31)14-9-15-26)28-24(32)33-16-21-19-12-7-5-10-17(19)18-11-6-8-13-20(18)21/h5-8,10-13,21H,3-4,9,14-16H2,1-2H3,(H,27,29)(H,28,32)(H,30,31). The Morgan fingerprint density at radius 1 is 1.00 bits per heavy atom. The molecule has 0 saturated heterocycles. The van der Waals surface area contributed by atoms with E-state index in [1.54, 1.807) is 13.8 Å². The lowest BCUT2D eigenvalue weighted by Crippen LogP contribution is -2.67. The van der Waals surface area contributed by atoms with Gasteiger partial charge in [-0.2, -0.15) is 0 Å². The van der Waals surface area contributed by atoms with E-state index < -0.39 is 29.0 Å². The maximum absolute atomic E-state index is 13.1. The molecule has 0 heterocycles. The summed E-state index contributed by atoms with van der Waals surface area (Å²) in [7, 11) is 0. The van der Waals surface area contributed by atoms with E-state index in [-0.39, 0.29) is 12.5 Å². The highest BCUT2D eigenvalue weighted by Gasteiger charge is 2.49. The van der Waals surface area contributed by atoms with Crippen LogP contribution in [0.2, 0.25) is 0 Å². The molecule has 7 nitrogen and oxygen atoms in total. The minimum atomic E-state index is -1.24. The van der Waals surface area contributed by atoms with Crippen LogP contribution in [0.4, 0.5) is 4.79 Å². The Bertz CT molecular complexity index is 1030. The van der Waals surface area contributed by atoms with Crippen LogP contribution in [0.25, 0.3) is 11.1 Å². The van der Waals surface area contributed by atoms with Gasteiger partial charge in [-0.15, -0.1) is 0 Å². The van der Waals surface area contributed by atoms with E-state index in [0.717, 1.165) is 28.7 Å². The monoisotopic (exact) mass is 450 g/mol. The molecule has 3 N–H and O–H groups in total. The molecule has 2 aliphatic rings. The number of rotatable bonds is 8. The first-order chi connectivity index (χ1) is 15.9. The summed E-state index contributed by atoms with van der Waals surface area (Å²) in [6.07, 6.45) is 1.47. The molecule has 1 saturated carbocycles. The van der Waals surface area contributed by atoms with Gasteiger partial charge >= 0.3 is 12.1 Å². The smallest absolute Gasteiger partial charge is 0.408 e.